The Balaban J connectivity index is 2.19. The molecule has 0 spiro atoms. The Hall–Kier alpha value is -0.880. The van der Waals surface area contributed by atoms with Crippen LogP contribution in [0.25, 0.3) is 22.3 Å². The highest BCUT2D eigenvalue weighted by Gasteiger charge is 2.09. The van der Waals surface area contributed by atoms with Crippen LogP contribution in [0, 0.1) is 7.14 Å². The summed E-state index contributed by atoms with van der Waals surface area (Å²) in [5, 5.41) is 0. The summed E-state index contributed by atoms with van der Waals surface area (Å²) < 4.78 is 2.61. The molecule has 3 aromatic carbocycles. The molecule has 0 saturated heterocycles. The van der Waals surface area contributed by atoms with Gasteiger partial charge in [-0.1, -0.05) is 60.7 Å². The zero-order valence-corrected chi connectivity index (χ0v) is 15.0. The van der Waals surface area contributed by atoms with Gasteiger partial charge in [0.25, 0.3) is 0 Å². The fourth-order valence-corrected chi connectivity index (χ4v) is 3.46. The van der Waals surface area contributed by atoms with Crippen molar-refractivity contribution in [3.8, 4) is 22.3 Å². The topological polar surface area (TPSA) is 0 Å². The third kappa shape index (κ3) is 2.91. The molecule has 0 radical (unpaired) electrons. The van der Waals surface area contributed by atoms with Crippen molar-refractivity contribution in [1.29, 1.82) is 0 Å². The minimum atomic E-state index is 1.26. The molecule has 2 heteroatoms. The SMILES string of the molecule is Ic1cc(-c2ccccc2)cc(-c2ccccc2)c1I. The number of hydrogen-bond donors (Lipinski definition) is 0. The molecule has 0 fully saturated rings. The van der Waals surface area contributed by atoms with Gasteiger partial charge in [0.1, 0.15) is 0 Å². The molecule has 0 bridgehead atoms. The molecule has 0 nitrogen and oxygen atoms in total. The second-order valence-electron chi connectivity index (χ2n) is 4.55. The van der Waals surface area contributed by atoms with E-state index in [9.17, 15) is 0 Å². The molecule has 0 amide bonds. The van der Waals surface area contributed by atoms with Crippen LogP contribution in [0.15, 0.2) is 72.8 Å². The molecule has 0 atom stereocenters. The van der Waals surface area contributed by atoms with Crippen LogP contribution < -0.4 is 0 Å². The van der Waals surface area contributed by atoms with E-state index in [-0.39, 0.29) is 0 Å². The summed E-state index contributed by atoms with van der Waals surface area (Å²) >= 11 is 4.86. The Morgan fingerprint density at radius 3 is 1.70 bits per heavy atom. The van der Waals surface area contributed by atoms with Crippen LogP contribution in [-0.4, -0.2) is 0 Å². The van der Waals surface area contributed by atoms with E-state index in [1.165, 1.54) is 29.4 Å². The van der Waals surface area contributed by atoms with Gasteiger partial charge >= 0.3 is 0 Å². The van der Waals surface area contributed by atoms with Gasteiger partial charge in [0, 0.05) is 7.14 Å². The minimum absolute atomic E-state index is 1.26. The van der Waals surface area contributed by atoms with Crippen LogP contribution in [0.2, 0.25) is 0 Å². The Morgan fingerprint density at radius 1 is 0.550 bits per heavy atom. The second-order valence-corrected chi connectivity index (χ2v) is 6.79. The smallest absolute Gasteiger partial charge is 0.0342 e. The lowest BCUT2D eigenvalue weighted by Gasteiger charge is -2.11. The summed E-state index contributed by atoms with van der Waals surface area (Å²) in [6, 6.07) is 25.7. The van der Waals surface area contributed by atoms with Gasteiger partial charge in [-0.15, -0.1) is 0 Å². The van der Waals surface area contributed by atoms with Crippen molar-refractivity contribution in [1.82, 2.24) is 0 Å². The summed E-state index contributed by atoms with van der Waals surface area (Å²) in [6.45, 7) is 0. The van der Waals surface area contributed by atoms with Crippen LogP contribution in [0.1, 0.15) is 0 Å². The van der Waals surface area contributed by atoms with Crippen molar-refractivity contribution in [3.05, 3.63) is 79.9 Å². The predicted molar refractivity (Wildman–Crippen MR) is 103 cm³/mol. The van der Waals surface area contributed by atoms with Gasteiger partial charge in [-0.3, -0.25) is 0 Å². The normalized spacial score (nSPS) is 10.5. The monoisotopic (exact) mass is 482 g/mol. The van der Waals surface area contributed by atoms with Gasteiger partial charge < -0.3 is 0 Å². The summed E-state index contributed by atoms with van der Waals surface area (Å²) in [7, 11) is 0. The molecular weight excluding hydrogens is 470 g/mol. The lowest BCUT2D eigenvalue weighted by atomic mass is 9.99. The van der Waals surface area contributed by atoms with E-state index in [0.717, 1.165) is 0 Å². The van der Waals surface area contributed by atoms with Gasteiger partial charge in [-0.2, -0.15) is 0 Å². The van der Waals surface area contributed by atoms with Gasteiger partial charge in [0.05, 0.1) is 0 Å². The lowest BCUT2D eigenvalue weighted by Crippen LogP contribution is -1.89. The molecule has 3 rings (SSSR count). The Morgan fingerprint density at radius 2 is 1.10 bits per heavy atom. The van der Waals surface area contributed by atoms with Crippen LogP contribution in [-0.2, 0) is 0 Å². The molecule has 0 N–H and O–H groups in total. The molecule has 0 aliphatic heterocycles. The van der Waals surface area contributed by atoms with Crippen LogP contribution in [0.4, 0.5) is 0 Å². The fourth-order valence-electron chi connectivity index (χ4n) is 2.21. The van der Waals surface area contributed by atoms with Gasteiger partial charge in [-0.25, -0.2) is 0 Å². The molecule has 0 aliphatic rings. The number of hydrogen-bond acceptors (Lipinski definition) is 0. The van der Waals surface area contributed by atoms with E-state index < -0.39 is 0 Å². The molecular formula is C18H12I2. The van der Waals surface area contributed by atoms with E-state index in [1.807, 2.05) is 0 Å². The van der Waals surface area contributed by atoms with Crippen molar-refractivity contribution >= 4 is 45.2 Å². The Bertz CT molecular complexity index is 719. The third-order valence-corrected chi connectivity index (χ3v) is 6.27. The average molecular weight is 482 g/mol. The molecule has 0 aliphatic carbocycles. The van der Waals surface area contributed by atoms with Crippen LogP contribution >= 0.6 is 45.2 Å². The number of halogens is 2. The third-order valence-electron chi connectivity index (χ3n) is 3.22. The summed E-state index contributed by atoms with van der Waals surface area (Å²) in [6.07, 6.45) is 0. The van der Waals surface area contributed by atoms with Crippen LogP contribution in [0.3, 0.4) is 0 Å². The molecule has 98 valence electrons. The van der Waals surface area contributed by atoms with E-state index in [1.54, 1.807) is 0 Å². The lowest BCUT2D eigenvalue weighted by molar-refractivity contribution is 1.52. The number of rotatable bonds is 2. The fraction of sp³-hybridized carbons (Fsp3) is 0. The van der Waals surface area contributed by atoms with E-state index >= 15 is 0 Å². The van der Waals surface area contributed by atoms with Crippen molar-refractivity contribution in [2.24, 2.45) is 0 Å². The second kappa shape index (κ2) is 6.26. The van der Waals surface area contributed by atoms with Gasteiger partial charge in [-0.05, 0) is 79.6 Å². The summed E-state index contributed by atoms with van der Waals surface area (Å²) in [5.41, 5.74) is 5.11. The van der Waals surface area contributed by atoms with E-state index in [2.05, 4.69) is 118 Å². The van der Waals surface area contributed by atoms with Gasteiger partial charge in [0.15, 0.2) is 0 Å². The first-order chi connectivity index (χ1) is 9.75. The molecule has 0 aromatic heterocycles. The quantitative estimate of drug-likeness (QED) is 0.380. The highest BCUT2D eigenvalue weighted by Crippen LogP contribution is 2.33. The number of benzene rings is 3. The molecule has 0 unspecified atom stereocenters. The average Bonchev–Trinajstić information content (AvgIpc) is 2.51. The minimum Gasteiger partial charge on any atom is -0.0622 e. The molecule has 20 heavy (non-hydrogen) atoms. The molecule has 0 saturated carbocycles. The summed E-state index contributed by atoms with van der Waals surface area (Å²) in [5.74, 6) is 0. The first kappa shape index (κ1) is 14.1. The highest BCUT2D eigenvalue weighted by atomic mass is 127. The predicted octanol–water partition coefficient (Wildman–Crippen LogP) is 6.23. The molecule has 3 aromatic rings. The standard InChI is InChI=1S/C18H12I2/c19-17-12-15(13-7-3-1-4-8-13)11-16(18(17)20)14-9-5-2-6-10-14/h1-12H. The zero-order chi connectivity index (χ0) is 13.9. The first-order valence-electron chi connectivity index (χ1n) is 6.35. The Kier molecular flexibility index (Phi) is 4.41. The van der Waals surface area contributed by atoms with Crippen molar-refractivity contribution < 1.29 is 0 Å². The summed E-state index contributed by atoms with van der Waals surface area (Å²) in [4.78, 5) is 0. The maximum atomic E-state index is 2.44. The zero-order valence-electron chi connectivity index (χ0n) is 10.7. The highest BCUT2D eigenvalue weighted by molar-refractivity contribution is 14.1. The van der Waals surface area contributed by atoms with Crippen molar-refractivity contribution in [2.75, 3.05) is 0 Å². The largest absolute Gasteiger partial charge is 0.0622 e. The van der Waals surface area contributed by atoms with E-state index in [0.29, 0.717) is 0 Å². The van der Waals surface area contributed by atoms with Crippen molar-refractivity contribution in [2.45, 2.75) is 0 Å². The van der Waals surface area contributed by atoms with Crippen LogP contribution in [0.5, 0.6) is 0 Å². The Labute approximate surface area is 146 Å². The van der Waals surface area contributed by atoms with E-state index in [4.69, 9.17) is 0 Å². The first-order valence-corrected chi connectivity index (χ1v) is 8.51. The van der Waals surface area contributed by atoms with Crippen molar-refractivity contribution in [3.63, 3.8) is 0 Å². The molecule has 0 heterocycles. The maximum absolute atomic E-state index is 2.44. The van der Waals surface area contributed by atoms with Gasteiger partial charge in [0.2, 0.25) is 0 Å². The maximum Gasteiger partial charge on any atom is 0.0342 e.